The summed E-state index contributed by atoms with van der Waals surface area (Å²) >= 11 is 0. The van der Waals surface area contributed by atoms with Gasteiger partial charge in [0.25, 0.3) is 0 Å². The number of carbonyl (C=O) groups excluding carboxylic acids is 1. The molecule has 2 rings (SSSR count). The third-order valence-corrected chi connectivity index (χ3v) is 4.19. The van der Waals surface area contributed by atoms with E-state index in [0.717, 1.165) is 11.1 Å². The van der Waals surface area contributed by atoms with Crippen LogP contribution in [0.3, 0.4) is 0 Å². The molecule has 0 aliphatic rings. The van der Waals surface area contributed by atoms with Crippen molar-refractivity contribution in [2.75, 3.05) is 0 Å². The van der Waals surface area contributed by atoms with Crippen molar-refractivity contribution >= 4 is 134 Å². The molecular formula is C19H26B2K2O5. The van der Waals surface area contributed by atoms with Gasteiger partial charge in [0, 0.05) is 0 Å². The van der Waals surface area contributed by atoms with Crippen molar-refractivity contribution in [1.29, 1.82) is 0 Å². The Balaban J connectivity index is 0.00000364. The first-order valence-electron chi connectivity index (χ1n) is 8.71. The molecule has 0 spiro atoms. The van der Waals surface area contributed by atoms with E-state index >= 15 is 0 Å². The van der Waals surface area contributed by atoms with E-state index in [9.17, 15) is 14.8 Å². The van der Waals surface area contributed by atoms with Gasteiger partial charge in [0.1, 0.15) is 0 Å². The SMILES string of the molecule is CC(C)c1ccc(B(O)OC(=O)OB(O)c2ccc(C(C)C)cc2)cc1.[KH].[KH]. The summed E-state index contributed by atoms with van der Waals surface area (Å²) < 4.78 is 9.65. The van der Waals surface area contributed by atoms with Crippen LogP contribution in [0.4, 0.5) is 4.79 Å². The summed E-state index contributed by atoms with van der Waals surface area (Å²) in [6.07, 6.45) is -1.15. The van der Waals surface area contributed by atoms with E-state index in [0.29, 0.717) is 22.8 Å². The summed E-state index contributed by atoms with van der Waals surface area (Å²) in [6, 6.07) is 14.2. The quantitative estimate of drug-likeness (QED) is 0.661. The van der Waals surface area contributed by atoms with E-state index in [1.807, 2.05) is 24.3 Å². The zero-order chi connectivity index (χ0) is 19.3. The van der Waals surface area contributed by atoms with Gasteiger partial charge in [0.15, 0.2) is 0 Å². The standard InChI is InChI=1S/C19H24B2O5.2K.2H/c1-13(2)15-5-9-17(10-6-15)20(23)25-19(22)26-21(24)18-11-7-16(8-12-18)14(3)4;;;;/h5-14,23-24H,1-4H3;;;;. The van der Waals surface area contributed by atoms with Crippen LogP contribution in [0, 0.1) is 0 Å². The molecule has 5 nitrogen and oxygen atoms in total. The molecule has 0 unspecified atom stereocenters. The van der Waals surface area contributed by atoms with Crippen molar-refractivity contribution in [2.24, 2.45) is 0 Å². The normalized spacial score (nSPS) is 10.0. The zero-order valence-corrected chi connectivity index (χ0v) is 15.5. The molecule has 140 valence electrons. The molecule has 0 amide bonds. The summed E-state index contributed by atoms with van der Waals surface area (Å²) in [5.41, 5.74) is 3.09. The van der Waals surface area contributed by atoms with E-state index in [2.05, 4.69) is 27.7 Å². The van der Waals surface area contributed by atoms with Gasteiger partial charge < -0.3 is 19.4 Å². The predicted molar refractivity (Wildman–Crippen MR) is 118 cm³/mol. The molecule has 28 heavy (non-hydrogen) atoms. The van der Waals surface area contributed by atoms with Crippen molar-refractivity contribution < 1.29 is 24.2 Å². The van der Waals surface area contributed by atoms with Gasteiger partial charge in [0.2, 0.25) is 0 Å². The molecule has 0 bridgehead atoms. The molecular weight excluding hydrogens is 408 g/mol. The van der Waals surface area contributed by atoms with Crippen LogP contribution in [0.5, 0.6) is 0 Å². The minimum atomic E-state index is -1.46. The molecule has 0 aliphatic carbocycles. The summed E-state index contributed by atoms with van der Waals surface area (Å²) in [4.78, 5) is 11.8. The van der Waals surface area contributed by atoms with Crippen LogP contribution in [0.1, 0.15) is 50.7 Å². The number of carbonyl (C=O) groups is 1. The molecule has 2 N–H and O–H groups in total. The first-order valence-corrected chi connectivity index (χ1v) is 8.71. The molecule has 0 saturated carbocycles. The van der Waals surface area contributed by atoms with E-state index < -0.39 is 20.4 Å². The second kappa shape index (κ2) is 14.2. The van der Waals surface area contributed by atoms with Gasteiger partial charge in [0.05, 0.1) is 0 Å². The van der Waals surface area contributed by atoms with Crippen LogP contribution in [-0.4, -0.2) is 133 Å². The van der Waals surface area contributed by atoms with Crippen molar-refractivity contribution in [3.05, 3.63) is 59.7 Å². The monoisotopic (exact) mass is 434 g/mol. The Labute approximate surface area is 253 Å². The van der Waals surface area contributed by atoms with Gasteiger partial charge in [-0.05, 0) is 33.9 Å². The fourth-order valence-electron chi connectivity index (χ4n) is 2.44. The molecule has 0 radical (unpaired) electrons. The number of hydrogen-bond donors (Lipinski definition) is 2. The summed E-state index contributed by atoms with van der Waals surface area (Å²) in [6.45, 7) is 8.26. The second-order valence-corrected chi connectivity index (χ2v) is 6.83. The van der Waals surface area contributed by atoms with Crippen LogP contribution in [0.15, 0.2) is 48.5 Å². The average Bonchev–Trinajstić information content (AvgIpc) is 2.61. The molecule has 9 heteroatoms. The zero-order valence-electron chi connectivity index (χ0n) is 15.5. The van der Waals surface area contributed by atoms with Crippen molar-refractivity contribution in [1.82, 2.24) is 0 Å². The van der Waals surface area contributed by atoms with Gasteiger partial charge >= 0.3 is 123 Å². The van der Waals surface area contributed by atoms with Gasteiger partial charge in [-0.15, -0.1) is 0 Å². The second-order valence-electron chi connectivity index (χ2n) is 6.83. The van der Waals surface area contributed by atoms with Crippen LogP contribution >= 0.6 is 0 Å². The van der Waals surface area contributed by atoms with E-state index in [4.69, 9.17) is 9.31 Å². The molecule has 0 fully saturated rings. The molecule has 0 aliphatic heterocycles. The molecule has 0 atom stereocenters. The summed E-state index contributed by atoms with van der Waals surface area (Å²) in [5.74, 6) is 0.730. The van der Waals surface area contributed by atoms with Gasteiger partial charge in [-0.2, -0.15) is 0 Å². The van der Waals surface area contributed by atoms with E-state index in [1.165, 1.54) is 0 Å². The Hall–Kier alpha value is 1.03. The van der Waals surface area contributed by atoms with Crippen LogP contribution < -0.4 is 10.9 Å². The molecule has 0 heterocycles. The fraction of sp³-hybridized carbons (Fsp3) is 0.316. The Morgan fingerprint density at radius 2 is 1.00 bits per heavy atom. The number of hydrogen-bond acceptors (Lipinski definition) is 5. The Morgan fingerprint density at radius 3 is 1.25 bits per heavy atom. The van der Waals surface area contributed by atoms with E-state index in [-0.39, 0.29) is 103 Å². The topological polar surface area (TPSA) is 76.0 Å². The maximum atomic E-state index is 11.8. The summed E-state index contributed by atoms with van der Waals surface area (Å²) in [7, 11) is -2.92. The van der Waals surface area contributed by atoms with Crippen LogP contribution in [0.25, 0.3) is 0 Å². The Morgan fingerprint density at radius 1 is 0.714 bits per heavy atom. The average molecular weight is 434 g/mol. The van der Waals surface area contributed by atoms with Gasteiger partial charge in [-0.1, -0.05) is 76.2 Å². The molecule has 2 aromatic rings. The molecule has 2 aromatic carbocycles. The Kier molecular flexibility index (Phi) is 14.7. The van der Waals surface area contributed by atoms with Crippen molar-refractivity contribution in [2.45, 2.75) is 39.5 Å². The number of rotatable bonds is 6. The van der Waals surface area contributed by atoms with Gasteiger partial charge in [-0.3, -0.25) is 0 Å². The van der Waals surface area contributed by atoms with Crippen LogP contribution in [0.2, 0.25) is 0 Å². The first-order chi connectivity index (χ1) is 12.3. The fourth-order valence-corrected chi connectivity index (χ4v) is 2.44. The van der Waals surface area contributed by atoms with Crippen molar-refractivity contribution in [3.8, 4) is 0 Å². The number of benzene rings is 2. The Bertz CT molecular complexity index is 663. The minimum absolute atomic E-state index is 0. The molecule has 0 aromatic heterocycles. The summed E-state index contributed by atoms with van der Waals surface area (Å²) in [5, 5.41) is 20.0. The van der Waals surface area contributed by atoms with Crippen LogP contribution in [-0.2, 0) is 9.31 Å². The van der Waals surface area contributed by atoms with Crippen molar-refractivity contribution in [3.63, 3.8) is 0 Å². The third-order valence-electron chi connectivity index (χ3n) is 4.19. The molecule has 0 saturated heterocycles. The van der Waals surface area contributed by atoms with Gasteiger partial charge in [-0.25, -0.2) is 4.79 Å². The maximum absolute atomic E-state index is 11.8. The third kappa shape index (κ3) is 9.03. The van der Waals surface area contributed by atoms with E-state index in [1.54, 1.807) is 24.3 Å². The first kappa shape index (κ1) is 29.0. The predicted octanol–water partition coefficient (Wildman–Crippen LogP) is 0.865.